The minimum atomic E-state index is 0.552. The summed E-state index contributed by atoms with van der Waals surface area (Å²) < 4.78 is 12.5. The molecule has 0 radical (unpaired) electrons. The van der Waals surface area contributed by atoms with E-state index in [2.05, 4.69) is 17.3 Å². The lowest BCUT2D eigenvalue weighted by Gasteiger charge is -2.09. The average Bonchev–Trinajstić information content (AvgIpc) is 2.56. The molecule has 0 bridgehead atoms. The minimum absolute atomic E-state index is 0.552. The first-order chi connectivity index (χ1) is 8.20. The average molecular weight is 241 g/mol. The van der Waals surface area contributed by atoms with Gasteiger partial charge in [0.1, 0.15) is 6.61 Å². The van der Waals surface area contributed by atoms with Crippen molar-refractivity contribution in [1.29, 1.82) is 0 Å². The third kappa shape index (κ3) is 4.02. The molecule has 5 heteroatoms. The van der Waals surface area contributed by atoms with Crippen molar-refractivity contribution in [3.05, 3.63) is 11.3 Å². The smallest absolute Gasteiger partial charge is 0.216 e. The Hall–Kier alpha value is -1.07. The van der Waals surface area contributed by atoms with Crippen LogP contribution in [0.1, 0.15) is 24.6 Å². The molecule has 98 valence electrons. The molecule has 1 rings (SSSR count). The molecule has 0 fully saturated rings. The maximum absolute atomic E-state index is 5.70. The summed E-state index contributed by atoms with van der Waals surface area (Å²) >= 11 is 0. The van der Waals surface area contributed by atoms with Crippen LogP contribution >= 0.6 is 0 Å². The van der Waals surface area contributed by atoms with Crippen molar-refractivity contribution in [2.24, 2.45) is 7.05 Å². The number of aryl methyl sites for hydroxylation is 2. The van der Waals surface area contributed by atoms with Crippen molar-refractivity contribution >= 4 is 0 Å². The highest BCUT2D eigenvalue weighted by molar-refractivity contribution is 5.30. The van der Waals surface area contributed by atoms with Gasteiger partial charge in [0.25, 0.3) is 0 Å². The summed E-state index contributed by atoms with van der Waals surface area (Å²) in [5.74, 6) is 0.836. The van der Waals surface area contributed by atoms with Gasteiger partial charge in [0, 0.05) is 20.7 Å². The summed E-state index contributed by atoms with van der Waals surface area (Å²) in [5.41, 5.74) is 2.15. The Kier molecular flexibility index (Phi) is 6.00. The standard InChI is InChI=1S/C12H23N3O2/c1-5-6-13-9-11-10(2)14-15(3)12(11)17-8-7-16-4/h13H,5-9H2,1-4H3. The maximum atomic E-state index is 5.70. The lowest BCUT2D eigenvalue weighted by molar-refractivity contribution is 0.140. The monoisotopic (exact) mass is 241 g/mol. The molecule has 0 spiro atoms. The molecule has 1 N–H and O–H groups in total. The summed E-state index contributed by atoms with van der Waals surface area (Å²) in [6.45, 7) is 7.11. The molecular formula is C12H23N3O2. The number of hydrogen-bond donors (Lipinski definition) is 1. The van der Waals surface area contributed by atoms with E-state index in [0.29, 0.717) is 13.2 Å². The Morgan fingerprint density at radius 3 is 2.76 bits per heavy atom. The van der Waals surface area contributed by atoms with Gasteiger partial charge in [-0.2, -0.15) is 5.10 Å². The van der Waals surface area contributed by atoms with Gasteiger partial charge in [0.15, 0.2) is 0 Å². The second kappa shape index (κ2) is 7.29. The molecule has 1 aromatic rings. The molecule has 1 aromatic heterocycles. The summed E-state index contributed by atoms with van der Waals surface area (Å²) in [5, 5.41) is 7.75. The largest absolute Gasteiger partial charge is 0.475 e. The summed E-state index contributed by atoms with van der Waals surface area (Å²) in [6, 6.07) is 0. The summed E-state index contributed by atoms with van der Waals surface area (Å²) in [4.78, 5) is 0. The first kappa shape index (κ1) is 14.0. The number of hydrogen-bond acceptors (Lipinski definition) is 4. The van der Waals surface area contributed by atoms with E-state index in [1.807, 2.05) is 14.0 Å². The Bertz CT molecular complexity index is 306. The third-order valence-electron chi connectivity index (χ3n) is 2.54. The highest BCUT2D eigenvalue weighted by Crippen LogP contribution is 2.20. The van der Waals surface area contributed by atoms with Gasteiger partial charge in [0.2, 0.25) is 5.88 Å². The van der Waals surface area contributed by atoms with E-state index < -0.39 is 0 Å². The molecule has 0 atom stereocenters. The molecule has 0 aromatic carbocycles. The van der Waals surface area contributed by atoms with Gasteiger partial charge in [-0.3, -0.25) is 0 Å². The Morgan fingerprint density at radius 2 is 2.12 bits per heavy atom. The number of ether oxygens (including phenoxy) is 2. The Balaban J connectivity index is 2.65. The fraction of sp³-hybridized carbons (Fsp3) is 0.750. The van der Waals surface area contributed by atoms with Gasteiger partial charge in [0.05, 0.1) is 17.9 Å². The van der Waals surface area contributed by atoms with Crippen LogP contribution < -0.4 is 10.1 Å². The molecule has 0 aliphatic rings. The lowest BCUT2D eigenvalue weighted by Crippen LogP contribution is -2.16. The number of methoxy groups -OCH3 is 1. The van der Waals surface area contributed by atoms with Crippen molar-refractivity contribution in [2.75, 3.05) is 26.9 Å². The van der Waals surface area contributed by atoms with Crippen molar-refractivity contribution in [2.45, 2.75) is 26.8 Å². The third-order valence-corrected chi connectivity index (χ3v) is 2.54. The van der Waals surface area contributed by atoms with Gasteiger partial charge in [-0.15, -0.1) is 0 Å². The number of rotatable bonds is 8. The summed E-state index contributed by atoms with van der Waals surface area (Å²) in [6.07, 6.45) is 1.12. The van der Waals surface area contributed by atoms with E-state index in [0.717, 1.165) is 36.6 Å². The predicted octanol–water partition coefficient (Wildman–Crippen LogP) is 1.25. The van der Waals surface area contributed by atoms with Crippen molar-refractivity contribution in [3.8, 4) is 5.88 Å². The van der Waals surface area contributed by atoms with Crippen molar-refractivity contribution in [1.82, 2.24) is 15.1 Å². The van der Waals surface area contributed by atoms with E-state index in [1.54, 1.807) is 11.8 Å². The van der Waals surface area contributed by atoms with Crippen LogP contribution in [0.25, 0.3) is 0 Å². The quantitative estimate of drug-likeness (QED) is 0.696. The molecule has 0 amide bonds. The minimum Gasteiger partial charge on any atom is -0.475 e. The molecule has 0 saturated carbocycles. The van der Waals surface area contributed by atoms with E-state index in [9.17, 15) is 0 Å². The molecule has 17 heavy (non-hydrogen) atoms. The SMILES string of the molecule is CCCNCc1c(C)nn(C)c1OCCOC. The fourth-order valence-electron chi connectivity index (χ4n) is 1.68. The molecule has 0 unspecified atom stereocenters. The zero-order valence-corrected chi connectivity index (χ0v) is 11.2. The van der Waals surface area contributed by atoms with Crippen LogP contribution in [-0.4, -0.2) is 36.6 Å². The predicted molar refractivity (Wildman–Crippen MR) is 67.3 cm³/mol. The maximum Gasteiger partial charge on any atom is 0.216 e. The highest BCUT2D eigenvalue weighted by atomic mass is 16.5. The fourth-order valence-corrected chi connectivity index (χ4v) is 1.68. The van der Waals surface area contributed by atoms with E-state index >= 15 is 0 Å². The lowest BCUT2D eigenvalue weighted by atomic mass is 10.2. The van der Waals surface area contributed by atoms with Gasteiger partial charge in [-0.25, -0.2) is 4.68 Å². The molecule has 0 saturated heterocycles. The van der Waals surface area contributed by atoms with Gasteiger partial charge in [-0.05, 0) is 19.9 Å². The first-order valence-electron chi connectivity index (χ1n) is 6.05. The normalized spacial score (nSPS) is 10.8. The second-order valence-electron chi connectivity index (χ2n) is 4.01. The van der Waals surface area contributed by atoms with E-state index in [4.69, 9.17) is 9.47 Å². The zero-order valence-electron chi connectivity index (χ0n) is 11.2. The van der Waals surface area contributed by atoms with Crippen molar-refractivity contribution < 1.29 is 9.47 Å². The number of aromatic nitrogens is 2. The van der Waals surface area contributed by atoms with Crippen LogP contribution in [0.3, 0.4) is 0 Å². The van der Waals surface area contributed by atoms with Crippen LogP contribution in [0.2, 0.25) is 0 Å². The van der Waals surface area contributed by atoms with Gasteiger partial charge in [-0.1, -0.05) is 6.92 Å². The van der Waals surface area contributed by atoms with E-state index in [1.165, 1.54) is 0 Å². The highest BCUT2D eigenvalue weighted by Gasteiger charge is 2.13. The molecule has 0 aliphatic carbocycles. The van der Waals surface area contributed by atoms with Gasteiger partial charge >= 0.3 is 0 Å². The summed E-state index contributed by atoms with van der Waals surface area (Å²) in [7, 11) is 3.57. The molecular weight excluding hydrogens is 218 g/mol. The Labute approximate surface area is 103 Å². The zero-order chi connectivity index (χ0) is 12.7. The van der Waals surface area contributed by atoms with Gasteiger partial charge < -0.3 is 14.8 Å². The first-order valence-corrected chi connectivity index (χ1v) is 6.05. The number of nitrogens with zero attached hydrogens (tertiary/aromatic N) is 2. The van der Waals surface area contributed by atoms with Crippen LogP contribution in [-0.2, 0) is 18.3 Å². The molecule has 5 nitrogen and oxygen atoms in total. The van der Waals surface area contributed by atoms with Crippen molar-refractivity contribution in [3.63, 3.8) is 0 Å². The van der Waals surface area contributed by atoms with E-state index in [-0.39, 0.29) is 0 Å². The number of nitrogens with one attached hydrogen (secondary N) is 1. The topological polar surface area (TPSA) is 48.3 Å². The van der Waals surface area contributed by atoms with Crippen LogP contribution in [0.5, 0.6) is 5.88 Å². The molecule has 1 heterocycles. The van der Waals surface area contributed by atoms with Crippen LogP contribution in [0, 0.1) is 6.92 Å². The molecule has 0 aliphatic heterocycles. The Morgan fingerprint density at radius 1 is 1.35 bits per heavy atom. The van der Waals surface area contributed by atoms with Crippen LogP contribution in [0.4, 0.5) is 0 Å². The van der Waals surface area contributed by atoms with Crippen LogP contribution in [0.15, 0.2) is 0 Å². The second-order valence-corrected chi connectivity index (χ2v) is 4.01.